The molecular weight excluding hydrogens is 392 g/mol. The number of carbonyl (C=O) groups is 1. The number of anilines is 1. The highest BCUT2D eigenvalue weighted by molar-refractivity contribution is 7.92. The van der Waals surface area contributed by atoms with Crippen LogP contribution in [-0.4, -0.2) is 40.3 Å². The normalized spacial score (nSPS) is 14.2. The summed E-state index contributed by atoms with van der Waals surface area (Å²) in [4.78, 5) is 12.7. The molecule has 2 aromatic carbocycles. The highest BCUT2D eigenvalue weighted by Crippen LogP contribution is 2.34. The molecule has 0 aromatic heterocycles. The average Bonchev–Trinajstić information content (AvgIpc) is 2.66. The van der Waals surface area contributed by atoms with Crippen molar-refractivity contribution in [2.24, 2.45) is 0 Å². The average molecular weight is 419 g/mol. The molecule has 1 amide bonds. The van der Waals surface area contributed by atoms with Crippen LogP contribution in [0.4, 0.5) is 5.69 Å². The van der Waals surface area contributed by atoms with Crippen LogP contribution in [0.15, 0.2) is 36.4 Å². The maximum atomic E-state index is 12.7. The fraction of sp³-hybridized carbons (Fsp3) is 0.381. The van der Waals surface area contributed by atoms with Gasteiger partial charge in [-0.25, -0.2) is 8.42 Å². The van der Waals surface area contributed by atoms with Gasteiger partial charge in [-0.2, -0.15) is 0 Å². The number of hydrogen-bond donors (Lipinski definition) is 1. The molecule has 7 nitrogen and oxygen atoms in total. The lowest BCUT2D eigenvalue weighted by molar-refractivity contribution is -0.120. The second-order valence-corrected chi connectivity index (χ2v) is 9.15. The summed E-state index contributed by atoms with van der Waals surface area (Å²) in [5.74, 6) is 0.631. The molecule has 0 fully saturated rings. The Bertz CT molecular complexity index is 1020. The summed E-state index contributed by atoms with van der Waals surface area (Å²) < 4.78 is 36.8. The highest BCUT2D eigenvalue weighted by atomic mass is 32.2. The van der Waals surface area contributed by atoms with Crippen LogP contribution in [-0.2, 0) is 14.8 Å². The molecule has 29 heavy (non-hydrogen) atoms. The van der Waals surface area contributed by atoms with Gasteiger partial charge in [0.1, 0.15) is 19.8 Å². The molecule has 0 spiro atoms. The van der Waals surface area contributed by atoms with E-state index < -0.39 is 15.9 Å². The predicted molar refractivity (Wildman–Crippen MR) is 112 cm³/mol. The Morgan fingerprint density at radius 3 is 2.48 bits per heavy atom. The van der Waals surface area contributed by atoms with Crippen molar-refractivity contribution in [3.63, 3.8) is 0 Å². The minimum atomic E-state index is -3.68. The minimum absolute atomic E-state index is 0.246. The fourth-order valence-electron chi connectivity index (χ4n) is 3.31. The number of benzene rings is 2. The van der Waals surface area contributed by atoms with E-state index in [9.17, 15) is 13.2 Å². The second kappa shape index (κ2) is 8.32. The van der Waals surface area contributed by atoms with Crippen molar-refractivity contribution in [1.29, 1.82) is 0 Å². The molecule has 1 atom stereocenters. The summed E-state index contributed by atoms with van der Waals surface area (Å²) in [6.45, 7) is 6.37. The quantitative estimate of drug-likeness (QED) is 0.780. The summed E-state index contributed by atoms with van der Waals surface area (Å²) in [5, 5.41) is 2.90. The first-order valence-electron chi connectivity index (χ1n) is 9.39. The standard InChI is InChI=1S/C21H26N2O5S/c1-14-5-6-15(2)18(11-14)16(3)22-21(24)13-23(29(4,25)26)17-7-8-19-20(12-17)28-10-9-27-19/h5-8,11-12,16H,9-10,13H2,1-4H3,(H,22,24)/t16-/m0/s1. The number of nitrogens with zero attached hydrogens (tertiary/aromatic N) is 1. The summed E-state index contributed by atoms with van der Waals surface area (Å²) >= 11 is 0. The molecule has 0 unspecified atom stereocenters. The van der Waals surface area contributed by atoms with Crippen molar-refractivity contribution in [1.82, 2.24) is 5.32 Å². The number of rotatable bonds is 6. The topological polar surface area (TPSA) is 84.9 Å². The Hall–Kier alpha value is -2.74. The summed E-state index contributed by atoms with van der Waals surface area (Å²) in [6.07, 6.45) is 1.07. The van der Waals surface area contributed by atoms with E-state index in [0.717, 1.165) is 27.3 Å². The molecular formula is C21H26N2O5S. The maximum Gasteiger partial charge on any atom is 0.241 e. The molecule has 0 radical (unpaired) electrons. The van der Waals surface area contributed by atoms with Gasteiger partial charge < -0.3 is 14.8 Å². The van der Waals surface area contributed by atoms with Crippen molar-refractivity contribution >= 4 is 21.6 Å². The molecule has 8 heteroatoms. The first kappa shape index (κ1) is 21.0. The van der Waals surface area contributed by atoms with Crippen molar-refractivity contribution in [2.45, 2.75) is 26.8 Å². The zero-order chi connectivity index (χ0) is 21.2. The number of carbonyl (C=O) groups excluding carboxylic acids is 1. The van der Waals surface area contributed by atoms with Crippen LogP contribution in [0, 0.1) is 13.8 Å². The van der Waals surface area contributed by atoms with Crippen molar-refractivity contribution in [3.05, 3.63) is 53.1 Å². The van der Waals surface area contributed by atoms with E-state index in [0.29, 0.717) is 30.4 Å². The van der Waals surface area contributed by atoms with Crippen molar-refractivity contribution in [3.8, 4) is 11.5 Å². The van der Waals surface area contributed by atoms with Crippen LogP contribution in [0.5, 0.6) is 11.5 Å². The lowest BCUT2D eigenvalue weighted by Gasteiger charge is -2.25. The molecule has 1 heterocycles. The van der Waals surface area contributed by atoms with E-state index in [2.05, 4.69) is 5.32 Å². The third kappa shape index (κ3) is 5.00. The Morgan fingerprint density at radius 2 is 1.79 bits per heavy atom. The molecule has 0 bridgehead atoms. The molecule has 1 aliphatic heterocycles. The van der Waals surface area contributed by atoms with Gasteiger partial charge in [0.25, 0.3) is 0 Å². The van der Waals surface area contributed by atoms with Crippen LogP contribution >= 0.6 is 0 Å². The molecule has 2 aromatic rings. The summed E-state index contributed by atoms with van der Waals surface area (Å²) in [6, 6.07) is 10.6. The fourth-order valence-corrected chi connectivity index (χ4v) is 4.16. The third-order valence-electron chi connectivity index (χ3n) is 4.78. The van der Waals surface area contributed by atoms with Crippen LogP contribution in [0.3, 0.4) is 0 Å². The lowest BCUT2D eigenvalue weighted by Crippen LogP contribution is -2.41. The van der Waals surface area contributed by atoms with Crippen LogP contribution in [0.2, 0.25) is 0 Å². The van der Waals surface area contributed by atoms with E-state index >= 15 is 0 Å². The number of ether oxygens (including phenoxy) is 2. The Labute approximate surface area is 171 Å². The third-order valence-corrected chi connectivity index (χ3v) is 5.92. The number of nitrogens with one attached hydrogen (secondary N) is 1. The molecule has 0 saturated carbocycles. The highest BCUT2D eigenvalue weighted by Gasteiger charge is 2.24. The van der Waals surface area contributed by atoms with E-state index in [4.69, 9.17) is 9.47 Å². The minimum Gasteiger partial charge on any atom is -0.486 e. The SMILES string of the molecule is Cc1ccc(C)c([C@H](C)NC(=O)CN(c2ccc3c(c2)OCCO3)S(C)(=O)=O)c1. The van der Waals surface area contributed by atoms with Crippen molar-refractivity contribution < 1.29 is 22.7 Å². The van der Waals surface area contributed by atoms with E-state index in [1.54, 1.807) is 18.2 Å². The zero-order valence-corrected chi connectivity index (χ0v) is 17.9. The van der Waals surface area contributed by atoms with E-state index in [-0.39, 0.29) is 12.6 Å². The monoisotopic (exact) mass is 418 g/mol. The molecule has 156 valence electrons. The van der Waals surface area contributed by atoms with Gasteiger partial charge in [-0.05, 0) is 44.0 Å². The van der Waals surface area contributed by atoms with E-state index in [1.807, 2.05) is 39.0 Å². The Morgan fingerprint density at radius 1 is 1.10 bits per heavy atom. The molecule has 1 aliphatic rings. The summed E-state index contributed by atoms with van der Waals surface area (Å²) in [5.41, 5.74) is 3.52. The zero-order valence-electron chi connectivity index (χ0n) is 17.1. The van der Waals surface area contributed by atoms with Gasteiger partial charge in [-0.15, -0.1) is 0 Å². The van der Waals surface area contributed by atoms with Crippen molar-refractivity contribution in [2.75, 3.05) is 30.3 Å². The van der Waals surface area contributed by atoms with Gasteiger partial charge in [-0.3, -0.25) is 9.10 Å². The number of amides is 1. The van der Waals surface area contributed by atoms with Crippen LogP contribution in [0.25, 0.3) is 0 Å². The Balaban J connectivity index is 1.79. The number of aryl methyl sites for hydroxylation is 2. The summed E-state index contributed by atoms with van der Waals surface area (Å²) in [7, 11) is -3.68. The van der Waals surface area contributed by atoms with Crippen LogP contribution < -0.4 is 19.1 Å². The number of fused-ring (bicyclic) bond motifs is 1. The van der Waals surface area contributed by atoms with Gasteiger partial charge in [0.15, 0.2) is 11.5 Å². The second-order valence-electron chi connectivity index (χ2n) is 7.25. The maximum absolute atomic E-state index is 12.7. The number of sulfonamides is 1. The van der Waals surface area contributed by atoms with Gasteiger partial charge in [0.2, 0.25) is 15.9 Å². The first-order chi connectivity index (χ1) is 13.6. The predicted octanol–water partition coefficient (Wildman–Crippen LogP) is 2.72. The Kier molecular flexibility index (Phi) is 6.02. The largest absolute Gasteiger partial charge is 0.486 e. The van der Waals surface area contributed by atoms with E-state index in [1.165, 1.54) is 0 Å². The van der Waals surface area contributed by atoms with Gasteiger partial charge in [0.05, 0.1) is 18.0 Å². The van der Waals surface area contributed by atoms with Gasteiger partial charge in [-0.1, -0.05) is 23.8 Å². The van der Waals surface area contributed by atoms with Crippen LogP contribution in [0.1, 0.15) is 29.7 Å². The van der Waals surface area contributed by atoms with Gasteiger partial charge in [0, 0.05) is 6.07 Å². The molecule has 3 rings (SSSR count). The first-order valence-corrected chi connectivity index (χ1v) is 11.2. The smallest absolute Gasteiger partial charge is 0.241 e. The molecule has 1 N–H and O–H groups in total. The number of hydrogen-bond acceptors (Lipinski definition) is 5. The lowest BCUT2D eigenvalue weighted by atomic mass is 10.00. The molecule has 0 saturated heterocycles. The van der Waals surface area contributed by atoms with Gasteiger partial charge >= 0.3 is 0 Å². The molecule has 0 aliphatic carbocycles.